The number of carbonyl (C=O) groups is 2. The number of halogens is 6. The summed E-state index contributed by atoms with van der Waals surface area (Å²) in [6.45, 7) is 7.23. The molecule has 4 nitrogen and oxygen atoms in total. The number of Topliss-reactive ketones (excluding diaryl/α,β-unsaturated/α-hetero) is 2. The zero-order chi connectivity index (χ0) is 28.8. The molecule has 0 atom stereocenters. The minimum Gasteiger partial charge on any atom is -0.345 e. The predicted octanol–water partition coefficient (Wildman–Crippen LogP) is 7.19. The molecule has 10 heteroatoms. The lowest BCUT2D eigenvalue weighted by atomic mass is 10.0. The van der Waals surface area contributed by atoms with Gasteiger partial charge in [0, 0.05) is 25.5 Å². The van der Waals surface area contributed by atoms with Crippen molar-refractivity contribution in [3.05, 3.63) is 115 Å². The first-order chi connectivity index (χ1) is 18.4. The molecule has 0 spiro atoms. The number of ketones is 2. The third-order valence-corrected chi connectivity index (χ3v) is 5.79. The summed E-state index contributed by atoms with van der Waals surface area (Å²) in [5, 5.41) is 0. The average Bonchev–Trinajstić information content (AvgIpc) is 3.07. The molecule has 39 heavy (non-hydrogen) atoms. The molecule has 0 aromatic heterocycles. The van der Waals surface area contributed by atoms with E-state index in [1.54, 1.807) is 30.3 Å². The first kappa shape index (κ1) is 29.2. The van der Waals surface area contributed by atoms with Crippen LogP contribution >= 0.6 is 0 Å². The van der Waals surface area contributed by atoms with E-state index in [1.807, 2.05) is 0 Å². The number of anilines is 2. The number of allylic oxidation sites excluding steroid dienone is 6. The van der Waals surface area contributed by atoms with Gasteiger partial charge in [0.15, 0.2) is 0 Å². The first-order valence-electron chi connectivity index (χ1n) is 11.7. The van der Waals surface area contributed by atoms with Crippen LogP contribution in [0.15, 0.2) is 110 Å². The van der Waals surface area contributed by atoms with Crippen LogP contribution in [0, 0.1) is 0 Å². The highest BCUT2D eigenvalue weighted by molar-refractivity contribution is 6.23. The van der Waals surface area contributed by atoms with Gasteiger partial charge in [-0.05, 0) is 29.7 Å². The molecule has 0 aliphatic carbocycles. The lowest BCUT2D eigenvalue weighted by Gasteiger charge is -2.25. The lowest BCUT2D eigenvalue weighted by molar-refractivity contribution is -0.166. The van der Waals surface area contributed by atoms with E-state index in [-0.39, 0.29) is 30.6 Å². The van der Waals surface area contributed by atoms with E-state index >= 15 is 0 Å². The Bertz CT molecular complexity index is 1340. The molecule has 0 radical (unpaired) electrons. The standard InChI is InChI=1S/C29H24F6N2O2/c1-3-11-20(4-2)22(26(38)28(30,31)32)18-36-16-10-17-37(25-15-9-8-14-24(25)36)19-23(27(39)29(33,34)35)21-12-6-5-7-13-21/h3-9,11-15,18-19H,1-2,10,16-17H2/b20-11+,22-18-,23-19-. The van der Waals surface area contributed by atoms with E-state index < -0.39 is 35.1 Å². The summed E-state index contributed by atoms with van der Waals surface area (Å²) in [6.07, 6.45) is -4.33. The van der Waals surface area contributed by atoms with Crippen LogP contribution in [0.25, 0.3) is 5.57 Å². The Hall–Kier alpha value is -4.34. The third kappa shape index (κ3) is 6.95. The minimum atomic E-state index is -5.17. The largest absolute Gasteiger partial charge is 0.454 e. The van der Waals surface area contributed by atoms with Gasteiger partial charge in [-0.25, -0.2) is 0 Å². The van der Waals surface area contributed by atoms with Crippen molar-refractivity contribution in [1.29, 1.82) is 0 Å². The fourth-order valence-corrected chi connectivity index (χ4v) is 4.03. The van der Waals surface area contributed by atoms with Gasteiger partial charge in [-0.1, -0.05) is 73.9 Å². The van der Waals surface area contributed by atoms with Crippen LogP contribution in [0.4, 0.5) is 37.7 Å². The van der Waals surface area contributed by atoms with Crippen LogP contribution in [0.1, 0.15) is 12.0 Å². The summed E-state index contributed by atoms with van der Waals surface area (Å²) in [4.78, 5) is 27.6. The van der Waals surface area contributed by atoms with E-state index in [0.717, 1.165) is 18.5 Å². The average molecular weight is 547 g/mol. The molecule has 0 N–H and O–H groups in total. The molecule has 0 unspecified atom stereocenters. The van der Waals surface area contributed by atoms with E-state index in [4.69, 9.17) is 0 Å². The lowest BCUT2D eigenvalue weighted by Crippen LogP contribution is -2.28. The number of hydrogen-bond acceptors (Lipinski definition) is 4. The summed E-state index contributed by atoms with van der Waals surface area (Å²) in [5.74, 6) is -4.12. The summed E-state index contributed by atoms with van der Waals surface area (Å²) in [7, 11) is 0. The van der Waals surface area contributed by atoms with E-state index in [0.29, 0.717) is 11.4 Å². The molecule has 1 heterocycles. The van der Waals surface area contributed by atoms with Gasteiger partial charge in [-0.15, -0.1) is 0 Å². The molecular weight excluding hydrogens is 522 g/mol. The topological polar surface area (TPSA) is 40.6 Å². The van der Waals surface area contributed by atoms with Crippen LogP contribution in [0.2, 0.25) is 0 Å². The van der Waals surface area contributed by atoms with Crippen molar-refractivity contribution >= 4 is 28.5 Å². The fraction of sp³-hybridized carbons (Fsp3) is 0.172. The Kier molecular flexibility index (Phi) is 9.00. The van der Waals surface area contributed by atoms with Crippen LogP contribution in [0.5, 0.6) is 0 Å². The molecule has 0 amide bonds. The van der Waals surface area contributed by atoms with Crippen molar-refractivity contribution in [2.45, 2.75) is 18.8 Å². The Morgan fingerprint density at radius 3 is 1.74 bits per heavy atom. The molecule has 3 rings (SSSR count). The Balaban J connectivity index is 2.18. The van der Waals surface area contributed by atoms with Crippen LogP contribution < -0.4 is 9.80 Å². The quantitative estimate of drug-likeness (QED) is 0.200. The summed E-state index contributed by atoms with van der Waals surface area (Å²) in [6, 6.07) is 13.7. The fourth-order valence-electron chi connectivity index (χ4n) is 4.03. The van der Waals surface area contributed by atoms with Crippen molar-refractivity contribution in [1.82, 2.24) is 0 Å². The smallest absolute Gasteiger partial charge is 0.345 e. The third-order valence-electron chi connectivity index (χ3n) is 5.79. The molecule has 1 aliphatic heterocycles. The number of hydrogen-bond donors (Lipinski definition) is 0. The van der Waals surface area contributed by atoms with Gasteiger partial charge in [0.1, 0.15) is 0 Å². The zero-order valence-electron chi connectivity index (χ0n) is 20.6. The zero-order valence-corrected chi connectivity index (χ0v) is 20.6. The summed E-state index contributed by atoms with van der Waals surface area (Å²) in [5.41, 5.74) is -0.644. The number of alkyl halides is 6. The van der Waals surface area contributed by atoms with Gasteiger partial charge < -0.3 is 9.80 Å². The monoisotopic (exact) mass is 546 g/mol. The number of rotatable bonds is 8. The molecule has 0 saturated heterocycles. The molecule has 1 aliphatic rings. The number of nitrogens with zero attached hydrogens (tertiary/aromatic N) is 2. The number of carbonyl (C=O) groups excluding carboxylic acids is 2. The van der Waals surface area contributed by atoms with Crippen molar-refractivity contribution in [3.63, 3.8) is 0 Å². The Morgan fingerprint density at radius 2 is 1.26 bits per heavy atom. The molecule has 0 fully saturated rings. The maximum Gasteiger partial charge on any atom is 0.454 e. The van der Waals surface area contributed by atoms with Crippen molar-refractivity contribution in [3.8, 4) is 0 Å². The summed E-state index contributed by atoms with van der Waals surface area (Å²) < 4.78 is 80.9. The van der Waals surface area contributed by atoms with Gasteiger partial charge in [0.05, 0.1) is 22.5 Å². The molecule has 2 aromatic rings. The van der Waals surface area contributed by atoms with Crippen LogP contribution in [-0.4, -0.2) is 37.0 Å². The highest BCUT2D eigenvalue weighted by Crippen LogP contribution is 2.36. The highest BCUT2D eigenvalue weighted by Gasteiger charge is 2.42. The Morgan fingerprint density at radius 1 is 0.744 bits per heavy atom. The molecule has 0 bridgehead atoms. The summed E-state index contributed by atoms with van der Waals surface area (Å²) >= 11 is 0. The predicted molar refractivity (Wildman–Crippen MR) is 139 cm³/mol. The Labute approximate surface area is 221 Å². The van der Waals surface area contributed by atoms with Gasteiger partial charge >= 0.3 is 12.4 Å². The SMILES string of the molecule is C=C/C=C(C=C)/C(=C/N1CCCN(/C=C(\C(=O)C(F)(F)F)c2ccccc2)c2ccccc21)C(=O)C(F)(F)F. The molecule has 204 valence electrons. The second-order valence-corrected chi connectivity index (χ2v) is 8.40. The van der Waals surface area contributed by atoms with Gasteiger partial charge in [-0.3, -0.25) is 9.59 Å². The van der Waals surface area contributed by atoms with Gasteiger partial charge in [0.25, 0.3) is 11.6 Å². The normalized spacial score (nSPS) is 15.4. The number of fused-ring (bicyclic) bond motifs is 1. The number of para-hydroxylation sites is 2. The number of benzene rings is 2. The maximum absolute atomic E-state index is 13.5. The van der Waals surface area contributed by atoms with Crippen LogP contribution in [-0.2, 0) is 9.59 Å². The van der Waals surface area contributed by atoms with E-state index in [2.05, 4.69) is 13.2 Å². The molecular formula is C29H24F6N2O2. The minimum absolute atomic E-state index is 0.0570. The van der Waals surface area contributed by atoms with Gasteiger partial charge in [0.2, 0.25) is 0 Å². The van der Waals surface area contributed by atoms with E-state index in [1.165, 1.54) is 46.2 Å². The van der Waals surface area contributed by atoms with Gasteiger partial charge in [-0.2, -0.15) is 26.3 Å². The van der Waals surface area contributed by atoms with Crippen molar-refractivity contribution in [2.75, 3.05) is 22.9 Å². The highest BCUT2D eigenvalue weighted by atomic mass is 19.4. The van der Waals surface area contributed by atoms with Crippen LogP contribution in [0.3, 0.4) is 0 Å². The molecule has 0 saturated carbocycles. The molecule has 2 aromatic carbocycles. The first-order valence-corrected chi connectivity index (χ1v) is 11.7. The van der Waals surface area contributed by atoms with Crippen molar-refractivity contribution < 1.29 is 35.9 Å². The second kappa shape index (κ2) is 12.0. The maximum atomic E-state index is 13.5. The van der Waals surface area contributed by atoms with E-state index in [9.17, 15) is 35.9 Å². The second-order valence-electron chi connectivity index (χ2n) is 8.40. The van der Waals surface area contributed by atoms with Crippen molar-refractivity contribution in [2.24, 2.45) is 0 Å².